The zero-order valence-corrected chi connectivity index (χ0v) is 11.7. The maximum atomic E-state index is 12.0. The summed E-state index contributed by atoms with van der Waals surface area (Å²) in [6.07, 6.45) is 7.97. The Balaban J connectivity index is 1.74. The Morgan fingerprint density at radius 1 is 1.17 bits per heavy atom. The quantitative estimate of drug-likeness (QED) is 0.721. The van der Waals surface area contributed by atoms with Gasteiger partial charge in [0.1, 0.15) is 5.78 Å². The Kier molecular flexibility index (Phi) is 5.64. The number of ketones is 1. The van der Waals surface area contributed by atoms with Crippen LogP contribution in [0.5, 0.6) is 0 Å². The van der Waals surface area contributed by atoms with Crippen LogP contribution in [0.15, 0.2) is 0 Å². The van der Waals surface area contributed by atoms with E-state index in [2.05, 4.69) is 11.9 Å². The first-order chi connectivity index (χ1) is 8.75. The molecule has 18 heavy (non-hydrogen) atoms. The molecule has 0 radical (unpaired) electrons. The Morgan fingerprint density at radius 2 is 2.06 bits per heavy atom. The van der Waals surface area contributed by atoms with Crippen LogP contribution in [-0.2, 0) is 9.53 Å². The minimum atomic E-state index is 0.294. The van der Waals surface area contributed by atoms with Gasteiger partial charge in [-0.3, -0.25) is 4.79 Å². The SMILES string of the molecule is CN(CC1CCCOC1)CC1CCCCCC1=O. The molecule has 0 bridgehead atoms. The normalized spacial score (nSPS) is 30.4. The van der Waals surface area contributed by atoms with Crippen molar-refractivity contribution in [1.82, 2.24) is 4.90 Å². The maximum absolute atomic E-state index is 12.0. The number of rotatable bonds is 4. The van der Waals surface area contributed by atoms with Crippen LogP contribution in [0.25, 0.3) is 0 Å². The molecule has 0 aromatic heterocycles. The monoisotopic (exact) mass is 253 g/mol. The van der Waals surface area contributed by atoms with Gasteiger partial charge in [0.25, 0.3) is 0 Å². The van der Waals surface area contributed by atoms with E-state index in [1.165, 1.54) is 25.7 Å². The number of carbonyl (C=O) groups excluding carboxylic acids is 1. The fourth-order valence-corrected chi connectivity index (χ4v) is 3.27. The number of carbonyl (C=O) groups is 1. The van der Waals surface area contributed by atoms with Crippen LogP contribution in [0.1, 0.15) is 44.9 Å². The second-order valence-electron chi connectivity index (χ2n) is 6.07. The molecule has 2 atom stereocenters. The molecule has 0 amide bonds. The third kappa shape index (κ3) is 4.36. The Labute approximate surface area is 111 Å². The van der Waals surface area contributed by atoms with Crippen molar-refractivity contribution >= 4 is 5.78 Å². The summed E-state index contributed by atoms with van der Waals surface area (Å²) in [5, 5.41) is 0. The molecule has 0 aromatic rings. The summed E-state index contributed by atoms with van der Waals surface area (Å²) in [5.41, 5.74) is 0. The third-order valence-electron chi connectivity index (χ3n) is 4.29. The van der Waals surface area contributed by atoms with Gasteiger partial charge in [0.15, 0.2) is 0 Å². The molecular weight excluding hydrogens is 226 g/mol. The molecule has 2 unspecified atom stereocenters. The lowest BCUT2D eigenvalue weighted by Crippen LogP contribution is -2.35. The molecule has 0 spiro atoms. The summed E-state index contributed by atoms with van der Waals surface area (Å²) >= 11 is 0. The van der Waals surface area contributed by atoms with Crippen LogP contribution < -0.4 is 0 Å². The van der Waals surface area contributed by atoms with E-state index in [1.54, 1.807) is 0 Å². The molecule has 2 rings (SSSR count). The highest BCUT2D eigenvalue weighted by molar-refractivity contribution is 5.81. The molecular formula is C15H27NO2. The first kappa shape index (κ1) is 14.0. The largest absolute Gasteiger partial charge is 0.381 e. The van der Waals surface area contributed by atoms with Gasteiger partial charge < -0.3 is 9.64 Å². The molecule has 1 saturated heterocycles. The van der Waals surface area contributed by atoms with Gasteiger partial charge in [-0.05, 0) is 38.6 Å². The Hall–Kier alpha value is -0.410. The molecule has 1 aliphatic heterocycles. The average Bonchev–Trinajstić information content (AvgIpc) is 2.56. The second-order valence-corrected chi connectivity index (χ2v) is 6.07. The van der Waals surface area contributed by atoms with E-state index in [-0.39, 0.29) is 0 Å². The number of nitrogens with zero attached hydrogens (tertiary/aromatic N) is 1. The average molecular weight is 253 g/mol. The van der Waals surface area contributed by atoms with Crippen molar-refractivity contribution in [3.05, 3.63) is 0 Å². The van der Waals surface area contributed by atoms with E-state index >= 15 is 0 Å². The number of hydrogen-bond donors (Lipinski definition) is 0. The van der Waals surface area contributed by atoms with Crippen LogP contribution in [0.3, 0.4) is 0 Å². The predicted molar refractivity (Wildman–Crippen MR) is 72.6 cm³/mol. The van der Waals surface area contributed by atoms with Gasteiger partial charge in [0, 0.05) is 32.0 Å². The molecule has 1 heterocycles. The van der Waals surface area contributed by atoms with Crippen molar-refractivity contribution < 1.29 is 9.53 Å². The molecule has 3 nitrogen and oxygen atoms in total. The van der Waals surface area contributed by atoms with Crippen molar-refractivity contribution in [2.24, 2.45) is 11.8 Å². The lowest BCUT2D eigenvalue weighted by molar-refractivity contribution is -0.123. The van der Waals surface area contributed by atoms with Gasteiger partial charge in [-0.25, -0.2) is 0 Å². The highest BCUT2D eigenvalue weighted by Gasteiger charge is 2.23. The van der Waals surface area contributed by atoms with Crippen LogP contribution in [0.4, 0.5) is 0 Å². The summed E-state index contributed by atoms with van der Waals surface area (Å²) in [6.45, 7) is 3.88. The first-order valence-corrected chi connectivity index (χ1v) is 7.54. The van der Waals surface area contributed by atoms with Crippen LogP contribution in [0.2, 0.25) is 0 Å². The summed E-state index contributed by atoms with van der Waals surface area (Å²) < 4.78 is 5.52. The van der Waals surface area contributed by atoms with E-state index in [0.29, 0.717) is 17.6 Å². The van der Waals surface area contributed by atoms with Crippen molar-refractivity contribution in [2.45, 2.75) is 44.9 Å². The molecule has 1 aliphatic carbocycles. The van der Waals surface area contributed by atoms with Gasteiger partial charge in [-0.15, -0.1) is 0 Å². The van der Waals surface area contributed by atoms with Crippen molar-refractivity contribution in [1.29, 1.82) is 0 Å². The summed E-state index contributed by atoms with van der Waals surface area (Å²) in [4.78, 5) is 14.3. The van der Waals surface area contributed by atoms with Gasteiger partial charge >= 0.3 is 0 Å². The van der Waals surface area contributed by atoms with Gasteiger partial charge in [-0.2, -0.15) is 0 Å². The molecule has 104 valence electrons. The zero-order chi connectivity index (χ0) is 12.8. The number of ether oxygens (including phenoxy) is 1. The van der Waals surface area contributed by atoms with Crippen LogP contribution in [-0.4, -0.2) is 44.0 Å². The van der Waals surface area contributed by atoms with Gasteiger partial charge in [-0.1, -0.05) is 12.8 Å². The van der Waals surface area contributed by atoms with E-state index < -0.39 is 0 Å². The molecule has 2 fully saturated rings. The second kappa shape index (κ2) is 7.25. The van der Waals surface area contributed by atoms with Crippen LogP contribution in [0, 0.1) is 11.8 Å². The van der Waals surface area contributed by atoms with Crippen molar-refractivity contribution in [3.8, 4) is 0 Å². The highest BCUT2D eigenvalue weighted by Crippen LogP contribution is 2.22. The lowest BCUT2D eigenvalue weighted by atomic mass is 9.97. The topological polar surface area (TPSA) is 29.5 Å². The minimum Gasteiger partial charge on any atom is -0.381 e. The van der Waals surface area contributed by atoms with Gasteiger partial charge in [0.05, 0.1) is 6.61 Å². The maximum Gasteiger partial charge on any atom is 0.137 e. The van der Waals surface area contributed by atoms with E-state index in [4.69, 9.17) is 4.74 Å². The molecule has 0 N–H and O–H groups in total. The first-order valence-electron chi connectivity index (χ1n) is 7.54. The Bertz CT molecular complexity index is 261. The van der Waals surface area contributed by atoms with Crippen molar-refractivity contribution in [2.75, 3.05) is 33.4 Å². The standard InChI is InChI=1S/C15H27NO2/c1-16(10-13-6-5-9-18-12-13)11-14-7-3-2-4-8-15(14)17/h13-14H,2-12H2,1H3. The summed E-state index contributed by atoms with van der Waals surface area (Å²) in [7, 11) is 2.16. The number of hydrogen-bond acceptors (Lipinski definition) is 3. The summed E-state index contributed by atoms with van der Waals surface area (Å²) in [5.74, 6) is 1.46. The fraction of sp³-hybridized carbons (Fsp3) is 0.933. The predicted octanol–water partition coefficient (Wildman–Crippen LogP) is 2.49. The minimum absolute atomic E-state index is 0.294. The van der Waals surface area contributed by atoms with E-state index in [1.807, 2.05) is 0 Å². The van der Waals surface area contributed by atoms with Crippen molar-refractivity contribution in [3.63, 3.8) is 0 Å². The fourth-order valence-electron chi connectivity index (χ4n) is 3.27. The molecule has 0 aromatic carbocycles. The summed E-state index contributed by atoms with van der Waals surface area (Å²) in [6, 6.07) is 0. The van der Waals surface area contributed by atoms with E-state index in [9.17, 15) is 4.79 Å². The molecule has 3 heteroatoms. The molecule has 1 saturated carbocycles. The molecule has 2 aliphatic rings. The van der Waals surface area contributed by atoms with Gasteiger partial charge in [0.2, 0.25) is 0 Å². The highest BCUT2D eigenvalue weighted by atomic mass is 16.5. The zero-order valence-electron chi connectivity index (χ0n) is 11.7. The Morgan fingerprint density at radius 3 is 2.83 bits per heavy atom. The van der Waals surface area contributed by atoms with Crippen LogP contribution >= 0.6 is 0 Å². The number of Topliss-reactive ketones (excluding diaryl/α,β-unsaturated/α-hetero) is 1. The smallest absolute Gasteiger partial charge is 0.137 e. The van der Waals surface area contributed by atoms with E-state index in [0.717, 1.165) is 45.6 Å². The third-order valence-corrected chi connectivity index (χ3v) is 4.29. The lowest BCUT2D eigenvalue weighted by Gasteiger charge is -2.29.